The van der Waals surface area contributed by atoms with Crippen molar-refractivity contribution in [1.29, 1.82) is 0 Å². The van der Waals surface area contributed by atoms with Gasteiger partial charge in [-0.1, -0.05) is 13.3 Å². The summed E-state index contributed by atoms with van der Waals surface area (Å²) in [6, 6.07) is 0. The van der Waals surface area contributed by atoms with E-state index in [2.05, 4.69) is 4.98 Å². The average molecular weight is 259 g/mol. The number of hydrogen-bond acceptors (Lipinski definition) is 5. The maximum absolute atomic E-state index is 11.9. The molecule has 1 N–H and O–H groups in total. The summed E-state index contributed by atoms with van der Waals surface area (Å²) >= 11 is 0. The summed E-state index contributed by atoms with van der Waals surface area (Å²) in [5.74, 6) is 0.885. The Hall–Kier alpha value is -0.880. The molecule has 1 fully saturated rings. The maximum Gasteiger partial charge on any atom is 0.212 e. The Morgan fingerprint density at radius 3 is 3.00 bits per heavy atom. The monoisotopic (exact) mass is 259 g/mol. The number of sulfone groups is 1. The fourth-order valence-electron chi connectivity index (χ4n) is 2.00. The van der Waals surface area contributed by atoms with Crippen LogP contribution in [-0.2, 0) is 9.84 Å². The second-order valence-electron chi connectivity index (χ2n) is 4.54. The molecule has 1 aromatic rings. The standard InChI is InChI=1S/C11H17NO4S/c1-8(7-13)9-6-12-11(16-9)10-4-2-3-5-17(10,14)15/h6,8,10,13H,2-5,7H2,1H3. The summed E-state index contributed by atoms with van der Waals surface area (Å²) in [7, 11) is -3.11. The number of aromatic nitrogens is 1. The molecule has 0 radical (unpaired) electrons. The van der Waals surface area contributed by atoms with Crippen LogP contribution >= 0.6 is 0 Å². The van der Waals surface area contributed by atoms with Crippen LogP contribution in [-0.4, -0.2) is 30.9 Å². The molecule has 0 spiro atoms. The van der Waals surface area contributed by atoms with Crippen molar-refractivity contribution in [1.82, 2.24) is 4.98 Å². The van der Waals surface area contributed by atoms with E-state index in [1.54, 1.807) is 6.92 Å². The van der Waals surface area contributed by atoms with Gasteiger partial charge in [0, 0.05) is 5.92 Å². The van der Waals surface area contributed by atoms with E-state index in [4.69, 9.17) is 9.52 Å². The summed E-state index contributed by atoms with van der Waals surface area (Å²) in [4.78, 5) is 4.05. The topological polar surface area (TPSA) is 80.4 Å². The average Bonchev–Trinajstić information content (AvgIpc) is 2.76. The fourth-order valence-corrected chi connectivity index (χ4v) is 3.83. The lowest BCUT2D eigenvalue weighted by atomic mass is 10.1. The second kappa shape index (κ2) is 4.78. The van der Waals surface area contributed by atoms with Gasteiger partial charge in [0.1, 0.15) is 11.0 Å². The van der Waals surface area contributed by atoms with Gasteiger partial charge >= 0.3 is 0 Å². The molecule has 17 heavy (non-hydrogen) atoms. The van der Waals surface area contributed by atoms with Crippen molar-refractivity contribution in [2.75, 3.05) is 12.4 Å². The number of oxazole rings is 1. The maximum atomic E-state index is 11.9. The summed E-state index contributed by atoms with van der Waals surface area (Å²) in [6.45, 7) is 1.77. The third-order valence-electron chi connectivity index (χ3n) is 3.16. The number of aliphatic hydroxyl groups excluding tert-OH is 1. The van der Waals surface area contributed by atoms with Gasteiger partial charge in [-0.3, -0.25) is 0 Å². The van der Waals surface area contributed by atoms with E-state index in [-0.39, 0.29) is 24.2 Å². The van der Waals surface area contributed by atoms with E-state index in [0.29, 0.717) is 12.2 Å². The number of hydrogen-bond donors (Lipinski definition) is 1. The van der Waals surface area contributed by atoms with E-state index >= 15 is 0 Å². The van der Waals surface area contributed by atoms with Crippen molar-refractivity contribution >= 4 is 9.84 Å². The highest BCUT2D eigenvalue weighted by molar-refractivity contribution is 7.91. The van der Waals surface area contributed by atoms with Crippen LogP contribution < -0.4 is 0 Å². The van der Waals surface area contributed by atoms with Crippen LogP contribution in [0, 0.1) is 0 Å². The molecule has 2 unspecified atom stereocenters. The van der Waals surface area contributed by atoms with E-state index in [9.17, 15) is 8.42 Å². The van der Waals surface area contributed by atoms with Crippen LogP contribution in [0.3, 0.4) is 0 Å². The van der Waals surface area contributed by atoms with Crippen molar-refractivity contribution in [3.8, 4) is 0 Å². The van der Waals surface area contributed by atoms with Crippen LogP contribution in [0.1, 0.15) is 49.0 Å². The Morgan fingerprint density at radius 1 is 1.59 bits per heavy atom. The van der Waals surface area contributed by atoms with Crippen LogP contribution in [0.4, 0.5) is 0 Å². The highest BCUT2D eigenvalue weighted by Crippen LogP contribution is 2.33. The lowest BCUT2D eigenvalue weighted by Gasteiger charge is -2.19. The second-order valence-corrected chi connectivity index (χ2v) is 6.84. The molecule has 0 bridgehead atoms. The predicted molar refractivity (Wildman–Crippen MR) is 62.4 cm³/mol. The number of nitrogens with zero attached hydrogens (tertiary/aromatic N) is 1. The molecule has 0 aromatic carbocycles. The molecule has 0 aliphatic carbocycles. The Balaban J connectivity index is 2.25. The third-order valence-corrected chi connectivity index (χ3v) is 5.32. The molecule has 0 saturated carbocycles. The van der Waals surface area contributed by atoms with E-state index < -0.39 is 15.1 Å². The zero-order valence-corrected chi connectivity index (χ0v) is 10.6. The van der Waals surface area contributed by atoms with Gasteiger partial charge in [-0.05, 0) is 12.8 Å². The Kier molecular flexibility index (Phi) is 3.53. The first kappa shape index (κ1) is 12.6. The molecule has 1 aliphatic rings. The van der Waals surface area contributed by atoms with E-state index in [1.165, 1.54) is 6.20 Å². The van der Waals surface area contributed by atoms with Gasteiger partial charge in [0.05, 0.1) is 18.6 Å². The Labute approximate surface area is 101 Å². The largest absolute Gasteiger partial charge is 0.444 e. The Bertz CT molecular complexity index is 479. The molecular formula is C11H17NO4S. The van der Waals surface area contributed by atoms with Gasteiger partial charge in [0.15, 0.2) is 9.84 Å². The lowest BCUT2D eigenvalue weighted by molar-refractivity contribution is 0.254. The molecule has 6 heteroatoms. The molecule has 2 rings (SSSR count). The highest BCUT2D eigenvalue weighted by Gasteiger charge is 2.34. The van der Waals surface area contributed by atoms with Crippen LogP contribution in [0.25, 0.3) is 0 Å². The van der Waals surface area contributed by atoms with E-state index in [1.807, 2.05) is 0 Å². The molecule has 0 amide bonds. The van der Waals surface area contributed by atoms with Gasteiger partial charge in [-0.2, -0.15) is 0 Å². The zero-order chi connectivity index (χ0) is 12.5. The molecule has 1 aromatic heterocycles. The highest BCUT2D eigenvalue weighted by atomic mass is 32.2. The van der Waals surface area contributed by atoms with Crippen molar-refractivity contribution < 1.29 is 17.9 Å². The molecule has 96 valence electrons. The number of rotatable bonds is 3. The lowest BCUT2D eigenvalue weighted by Crippen LogP contribution is -2.21. The first-order valence-corrected chi connectivity index (χ1v) is 7.54. The van der Waals surface area contributed by atoms with Gasteiger partial charge in [0.25, 0.3) is 0 Å². The van der Waals surface area contributed by atoms with E-state index in [0.717, 1.165) is 12.8 Å². The fraction of sp³-hybridized carbons (Fsp3) is 0.727. The minimum Gasteiger partial charge on any atom is -0.444 e. The first-order valence-electron chi connectivity index (χ1n) is 5.82. The summed E-state index contributed by atoms with van der Waals surface area (Å²) in [6.07, 6.45) is 3.70. The van der Waals surface area contributed by atoms with Crippen molar-refractivity contribution in [3.05, 3.63) is 17.8 Å². The van der Waals surface area contributed by atoms with Gasteiger partial charge < -0.3 is 9.52 Å². The molecular weight excluding hydrogens is 242 g/mol. The normalized spacial score (nSPS) is 25.6. The van der Waals surface area contributed by atoms with Crippen molar-refractivity contribution in [2.45, 2.75) is 37.4 Å². The molecule has 1 aliphatic heterocycles. The summed E-state index contributed by atoms with van der Waals surface area (Å²) in [5.41, 5.74) is 0. The van der Waals surface area contributed by atoms with Crippen LogP contribution in [0.15, 0.2) is 10.6 Å². The van der Waals surface area contributed by atoms with Gasteiger partial charge in [0.2, 0.25) is 5.89 Å². The summed E-state index contributed by atoms with van der Waals surface area (Å²) < 4.78 is 29.2. The van der Waals surface area contributed by atoms with Gasteiger partial charge in [-0.15, -0.1) is 0 Å². The number of aliphatic hydroxyl groups is 1. The third kappa shape index (κ3) is 2.52. The molecule has 2 heterocycles. The minimum absolute atomic E-state index is 0.0357. The minimum atomic E-state index is -3.11. The summed E-state index contributed by atoms with van der Waals surface area (Å²) in [5, 5.41) is 8.40. The van der Waals surface area contributed by atoms with Crippen LogP contribution in [0.5, 0.6) is 0 Å². The van der Waals surface area contributed by atoms with Gasteiger partial charge in [-0.25, -0.2) is 13.4 Å². The molecule has 5 nitrogen and oxygen atoms in total. The SMILES string of the molecule is CC(CO)c1cnc(C2CCCCS2(=O)=O)o1. The van der Waals surface area contributed by atoms with Crippen molar-refractivity contribution in [2.24, 2.45) is 0 Å². The molecule has 2 atom stereocenters. The van der Waals surface area contributed by atoms with Crippen molar-refractivity contribution in [3.63, 3.8) is 0 Å². The predicted octanol–water partition coefficient (Wildman–Crippen LogP) is 1.41. The molecule has 1 saturated heterocycles. The first-order chi connectivity index (χ1) is 8.04. The van der Waals surface area contributed by atoms with Crippen LogP contribution in [0.2, 0.25) is 0 Å². The zero-order valence-electron chi connectivity index (χ0n) is 9.80. The Morgan fingerprint density at radius 2 is 2.35 bits per heavy atom. The smallest absolute Gasteiger partial charge is 0.212 e. The quantitative estimate of drug-likeness (QED) is 0.887.